The molecule has 0 aliphatic rings. The molecule has 2 aromatic carbocycles. The number of amides is 1. The highest BCUT2D eigenvalue weighted by molar-refractivity contribution is 5.97. The van der Waals surface area contributed by atoms with Crippen molar-refractivity contribution in [2.45, 2.75) is 39.7 Å². The highest BCUT2D eigenvalue weighted by Crippen LogP contribution is 2.22. The number of quaternary nitrogens is 1. The van der Waals surface area contributed by atoms with Crippen molar-refractivity contribution in [1.82, 2.24) is 10.3 Å². The molecule has 1 atom stereocenters. The van der Waals surface area contributed by atoms with Gasteiger partial charge in [-0.2, -0.15) is 0 Å². The minimum absolute atomic E-state index is 0.0826. The smallest absolute Gasteiger partial charge is 0.253 e. The van der Waals surface area contributed by atoms with E-state index in [2.05, 4.69) is 48.1 Å². The van der Waals surface area contributed by atoms with Gasteiger partial charge in [0.25, 0.3) is 5.91 Å². The van der Waals surface area contributed by atoms with E-state index in [0.717, 1.165) is 27.7 Å². The molecular formula is C22H26N3O+. The fourth-order valence-corrected chi connectivity index (χ4v) is 2.97. The number of rotatable bonds is 4. The van der Waals surface area contributed by atoms with Crippen molar-refractivity contribution in [3.8, 4) is 0 Å². The molecule has 0 saturated heterocycles. The number of nitrogens with zero attached hydrogens (tertiary/aromatic N) is 1. The zero-order valence-electron chi connectivity index (χ0n) is 15.8. The van der Waals surface area contributed by atoms with Gasteiger partial charge < -0.3 is 11.1 Å². The monoisotopic (exact) mass is 348 g/mol. The molecule has 0 fully saturated rings. The molecule has 0 bridgehead atoms. The molecule has 4 heteroatoms. The van der Waals surface area contributed by atoms with Crippen LogP contribution in [-0.2, 0) is 0 Å². The molecule has 0 aliphatic heterocycles. The summed E-state index contributed by atoms with van der Waals surface area (Å²) in [6, 6.07) is 14.1. The maximum Gasteiger partial charge on any atom is 0.253 e. The number of aromatic nitrogens is 1. The molecule has 0 radical (unpaired) electrons. The Morgan fingerprint density at radius 1 is 1.04 bits per heavy atom. The summed E-state index contributed by atoms with van der Waals surface area (Å²) in [6.07, 6.45) is 1.65. The van der Waals surface area contributed by atoms with Crippen molar-refractivity contribution in [2.75, 3.05) is 0 Å². The van der Waals surface area contributed by atoms with Crippen LogP contribution in [0.2, 0.25) is 0 Å². The average Bonchev–Trinajstić information content (AvgIpc) is 2.62. The highest BCUT2D eigenvalue weighted by Gasteiger charge is 2.14. The Morgan fingerprint density at radius 3 is 2.46 bits per heavy atom. The lowest BCUT2D eigenvalue weighted by Gasteiger charge is -2.15. The van der Waals surface area contributed by atoms with E-state index in [-0.39, 0.29) is 11.9 Å². The van der Waals surface area contributed by atoms with Gasteiger partial charge in [0.2, 0.25) is 0 Å². The maximum absolute atomic E-state index is 12.6. The Hall–Kier alpha value is -2.72. The molecule has 0 aliphatic carbocycles. The molecule has 1 amide bonds. The third-order valence-corrected chi connectivity index (χ3v) is 4.85. The van der Waals surface area contributed by atoms with Gasteiger partial charge >= 0.3 is 0 Å². The molecule has 26 heavy (non-hydrogen) atoms. The van der Waals surface area contributed by atoms with Gasteiger partial charge in [-0.3, -0.25) is 9.78 Å². The predicted molar refractivity (Wildman–Crippen MR) is 105 cm³/mol. The Kier molecular flexibility index (Phi) is 5.05. The summed E-state index contributed by atoms with van der Waals surface area (Å²) in [5.41, 5.74) is 9.92. The van der Waals surface area contributed by atoms with Gasteiger partial charge in [0.15, 0.2) is 0 Å². The first kappa shape index (κ1) is 18.1. The second kappa shape index (κ2) is 7.26. The number of pyridine rings is 1. The van der Waals surface area contributed by atoms with Crippen LogP contribution in [0.25, 0.3) is 10.9 Å². The van der Waals surface area contributed by atoms with Gasteiger partial charge in [0.05, 0.1) is 17.1 Å². The first-order chi connectivity index (χ1) is 12.3. The number of fused-ring (bicyclic) bond motifs is 1. The Bertz CT molecular complexity index is 963. The van der Waals surface area contributed by atoms with Gasteiger partial charge in [-0.25, -0.2) is 0 Å². The van der Waals surface area contributed by atoms with Gasteiger partial charge in [0, 0.05) is 17.1 Å². The third kappa shape index (κ3) is 3.75. The van der Waals surface area contributed by atoms with E-state index in [9.17, 15) is 4.79 Å². The van der Waals surface area contributed by atoms with E-state index in [4.69, 9.17) is 0 Å². The van der Waals surface area contributed by atoms with Crippen LogP contribution in [0.5, 0.6) is 0 Å². The molecule has 4 nitrogen and oxygen atoms in total. The molecule has 0 spiro atoms. The number of benzene rings is 2. The third-order valence-electron chi connectivity index (χ3n) is 4.85. The van der Waals surface area contributed by atoms with Crippen molar-refractivity contribution in [3.05, 3.63) is 70.9 Å². The minimum atomic E-state index is -0.115. The lowest BCUT2D eigenvalue weighted by molar-refractivity contribution is -0.255. The molecule has 3 aromatic rings. The number of nitrogens with one attached hydrogen (secondary N) is 1. The van der Waals surface area contributed by atoms with Crippen LogP contribution in [-0.4, -0.2) is 10.9 Å². The van der Waals surface area contributed by atoms with Crippen molar-refractivity contribution in [1.29, 1.82) is 0 Å². The molecule has 3 rings (SSSR count). The topological polar surface area (TPSA) is 69.6 Å². The second-order valence-electron chi connectivity index (χ2n) is 7.21. The fourth-order valence-electron chi connectivity index (χ4n) is 2.97. The quantitative estimate of drug-likeness (QED) is 0.747. The van der Waals surface area contributed by atoms with E-state index in [1.807, 2.05) is 38.1 Å². The Morgan fingerprint density at radius 2 is 1.77 bits per heavy atom. The maximum atomic E-state index is 12.6. The summed E-state index contributed by atoms with van der Waals surface area (Å²) in [5, 5.41) is 4.03. The van der Waals surface area contributed by atoms with E-state index in [1.54, 1.807) is 6.20 Å². The fraction of sp³-hybridized carbons (Fsp3) is 0.273. The molecule has 134 valence electrons. The first-order valence-electron chi connectivity index (χ1n) is 8.98. The zero-order chi connectivity index (χ0) is 18.8. The van der Waals surface area contributed by atoms with Gasteiger partial charge in [-0.1, -0.05) is 32.0 Å². The van der Waals surface area contributed by atoms with E-state index >= 15 is 0 Å². The number of carbonyl (C=O) groups excluding carboxylic acids is 1. The lowest BCUT2D eigenvalue weighted by Crippen LogP contribution is -2.41. The SMILES string of the molecule is Cc1cc(C(C)NC(=O)c2cnc3cc(C(C)C)ccc3c2)ccc1[NH3+]. The first-order valence-corrected chi connectivity index (χ1v) is 8.98. The van der Waals surface area contributed by atoms with Crippen LogP contribution in [0.3, 0.4) is 0 Å². The Labute approximate surface area is 154 Å². The van der Waals surface area contributed by atoms with Crippen LogP contribution in [0.15, 0.2) is 48.7 Å². The number of hydrogen-bond donors (Lipinski definition) is 2. The molecule has 4 N–H and O–H groups in total. The van der Waals surface area contributed by atoms with E-state index in [0.29, 0.717) is 11.5 Å². The molecule has 1 heterocycles. The van der Waals surface area contributed by atoms with Gasteiger partial charge in [-0.05, 0) is 55.2 Å². The zero-order valence-corrected chi connectivity index (χ0v) is 15.8. The summed E-state index contributed by atoms with van der Waals surface area (Å²) in [6.45, 7) is 8.33. The largest absolute Gasteiger partial charge is 0.345 e. The minimum Gasteiger partial charge on any atom is -0.345 e. The van der Waals surface area contributed by atoms with Crippen LogP contribution >= 0.6 is 0 Å². The van der Waals surface area contributed by atoms with Crippen molar-refractivity contribution >= 4 is 22.5 Å². The molecular weight excluding hydrogens is 322 g/mol. The second-order valence-corrected chi connectivity index (χ2v) is 7.21. The van der Waals surface area contributed by atoms with Gasteiger partial charge in [0.1, 0.15) is 5.69 Å². The summed E-state index contributed by atoms with van der Waals surface area (Å²) in [7, 11) is 0. The molecule has 1 unspecified atom stereocenters. The standard InChI is InChI=1S/C22H25N3O/c1-13(2)16-5-6-18-10-19(12-24-21(18)11-16)22(26)25-15(4)17-7-8-20(23)14(3)9-17/h5-13,15H,23H2,1-4H3,(H,25,26)/p+1. The number of hydrogen-bond acceptors (Lipinski definition) is 2. The number of aryl methyl sites for hydroxylation is 1. The van der Waals surface area contributed by atoms with Crippen molar-refractivity contribution in [2.24, 2.45) is 0 Å². The normalized spacial score (nSPS) is 12.4. The molecule has 1 aromatic heterocycles. The van der Waals surface area contributed by atoms with Crippen LogP contribution in [0.1, 0.15) is 59.8 Å². The summed E-state index contributed by atoms with van der Waals surface area (Å²) in [5.74, 6) is 0.342. The summed E-state index contributed by atoms with van der Waals surface area (Å²) < 4.78 is 0. The van der Waals surface area contributed by atoms with Crippen LogP contribution < -0.4 is 11.1 Å². The Balaban J connectivity index is 1.80. The van der Waals surface area contributed by atoms with Crippen molar-refractivity contribution in [3.63, 3.8) is 0 Å². The highest BCUT2D eigenvalue weighted by atomic mass is 16.1. The van der Waals surface area contributed by atoms with Gasteiger partial charge in [-0.15, -0.1) is 0 Å². The molecule has 0 saturated carbocycles. The van der Waals surface area contributed by atoms with Crippen molar-refractivity contribution < 1.29 is 10.5 Å². The lowest BCUT2D eigenvalue weighted by atomic mass is 10.0. The predicted octanol–water partition coefficient (Wildman–Crippen LogP) is 4.03. The average molecular weight is 348 g/mol. The van der Waals surface area contributed by atoms with E-state index in [1.165, 1.54) is 5.56 Å². The van der Waals surface area contributed by atoms with Crippen LogP contribution in [0.4, 0.5) is 5.69 Å². The summed E-state index contributed by atoms with van der Waals surface area (Å²) in [4.78, 5) is 17.1. The van der Waals surface area contributed by atoms with E-state index < -0.39 is 0 Å². The number of carbonyl (C=O) groups is 1. The van der Waals surface area contributed by atoms with Crippen LogP contribution in [0, 0.1) is 6.92 Å². The summed E-state index contributed by atoms with van der Waals surface area (Å²) >= 11 is 0.